The molecular formula is C14H27N5S. The summed E-state index contributed by atoms with van der Waals surface area (Å²) < 4.78 is 0. The Labute approximate surface area is 126 Å². The van der Waals surface area contributed by atoms with Crippen LogP contribution in [0.1, 0.15) is 38.1 Å². The van der Waals surface area contributed by atoms with E-state index in [2.05, 4.69) is 46.2 Å². The average Bonchev–Trinajstić information content (AvgIpc) is 3.05. The van der Waals surface area contributed by atoms with Crippen molar-refractivity contribution in [1.29, 1.82) is 0 Å². The Morgan fingerprint density at radius 1 is 1.40 bits per heavy atom. The summed E-state index contributed by atoms with van der Waals surface area (Å²) in [5.41, 5.74) is 0. The van der Waals surface area contributed by atoms with Gasteiger partial charge >= 0.3 is 0 Å². The highest BCUT2D eigenvalue weighted by atomic mass is 32.1. The number of anilines is 1. The fourth-order valence-corrected chi connectivity index (χ4v) is 3.64. The maximum absolute atomic E-state index is 4.27. The number of likely N-dealkylation sites (N-methyl/N-ethyl adjacent to an activating group) is 2. The van der Waals surface area contributed by atoms with Gasteiger partial charge in [-0.05, 0) is 39.4 Å². The highest BCUT2D eigenvalue weighted by molar-refractivity contribution is 7.15. The fraction of sp³-hybridized carbons (Fsp3) is 0.857. The summed E-state index contributed by atoms with van der Waals surface area (Å²) in [6.45, 7) is 9.85. The van der Waals surface area contributed by atoms with Gasteiger partial charge in [0.25, 0.3) is 0 Å². The number of likely N-dealkylation sites (tertiary alicyclic amines) is 1. The van der Waals surface area contributed by atoms with Crippen LogP contribution in [0.5, 0.6) is 0 Å². The van der Waals surface area contributed by atoms with E-state index in [4.69, 9.17) is 0 Å². The average molecular weight is 297 g/mol. The minimum atomic E-state index is 0.718. The van der Waals surface area contributed by atoms with E-state index < -0.39 is 0 Å². The monoisotopic (exact) mass is 297 g/mol. The molecule has 2 heterocycles. The third-order valence-electron chi connectivity index (χ3n) is 3.83. The molecule has 1 aromatic heterocycles. The molecule has 0 aliphatic carbocycles. The van der Waals surface area contributed by atoms with E-state index in [0.717, 1.165) is 42.2 Å². The second-order valence-corrected chi connectivity index (χ2v) is 6.61. The number of hydrogen-bond acceptors (Lipinski definition) is 6. The van der Waals surface area contributed by atoms with Gasteiger partial charge in [-0.3, -0.25) is 9.80 Å². The van der Waals surface area contributed by atoms with Crippen molar-refractivity contribution >= 4 is 16.5 Å². The lowest BCUT2D eigenvalue weighted by atomic mass is 10.2. The van der Waals surface area contributed by atoms with E-state index in [1.807, 2.05) is 0 Å². The molecule has 20 heavy (non-hydrogen) atoms. The van der Waals surface area contributed by atoms with Crippen molar-refractivity contribution in [2.24, 2.45) is 0 Å². The third-order valence-corrected chi connectivity index (χ3v) is 4.69. The maximum Gasteiger partial charge on any atom is 0.205 e. The van der Waals surface area contributed by atoms with Gasteiger partial charge in [0.2, 0.25) is 5.13 Å². The number of aromatic nitrogens is 2. The molecule has 114 valence electrons. The molecule has 0 saturated carbocycles. The summed E-state index contributed by atoms with van der Waals surface area (Å²) in [5, 5.41) is 13.8. The van der Waals surface area contributed by atoms with Gasteiger partial charge in [0.05, 0.1) is 6.54 Å². The molecule has 1 aliphatic rings. The summed E-state index contributed by atoms with van der Waals surface area (Å²) >= 11 is 1.68. The van der Waals surface area contributed by atoms with Gasteiger partial charge < -0.3 is 5.32 Å². The smallest absolute Gasteiger partial charge is 0.205 e. The van der Waals surface area contributed by atoms with Crippen molar-refractivity contribution in [3.8, 4) is 0 Å². The molecule has 0 amide bonds. The minimum Gasteiger partial charge on any atom is -0.360 e. The van der Waals surface area contributed by atoms with Crippen LogP contribution in [0.15, 0.2) is 0 Å². The molecule has 0 bridgehead atoms. The third kappa shape index (κ3) is 4.40. The van der Waals surface area contributed by atoms with E-state index in [1.54, 1.807) is 11.3 Å². The summed E-state index contributed by atoms with van der Waals surface area (Å²) in [4.78, 5) is 4.97. The molecule has 1 saturated heterocycles. The van der Waals surface area contributed by atoms with Crippen molar-refractivity contribution < 1.29 is 0 Å². The first kappa shape index (κ1) is 15.7. The zero-order valence-electron chi connectivity index (χ0n) is 12.9. The molecule has 6 heteroatoms. The molecular weight excluding hydrogens is 270 g/mol. The quantitative estimate of drug-likeness (QED) is 0.797. The van der Waals surface area contributed by atoms with Crippen molar-refractivity contribution in [3.05, 3.63) is 5.01 Å². The van der Waals surface area contributed by atoms with E-state index in [1.165, 1.54) is 25.9 Å². The molecule has 1 atom stereocenters. The van der Waals surface area contributed by atoms with Crippen LogP contribution in [-0.4, -0.2) is 59.3 Å². The van der Waals surface area contributed by atoms with E-state index in [9.17, 15) is 0 Å². The number of nitrogens with zero attached hydrogens (tertiary/aromatic N) is 4. The highest BCUT2D eigenvalue weighted by Gasteiger charge is 2.24. The van der Waals surface area contributed by atoms with Crippen LogP contribution in [0, 0.1) is 0 Å². The molecule has 5 nitrogen and oxygen atoms in total. The zero-order valence-corrected chi connectivity index (χ0v) is 13.7. The lowest BCUT2D eigenvalue weighted by molar-refractivity contribution is 0.194. The predicted molar refractivity (Wildman–Crippen MR) is 85.3 cm³/mol. The van der Waals surface area contributed by atoms with Crippen molar-refractivity contribution in [3.63, 3.8) is 0 Å². The molecule has 1 fully saturated rings. The Hall–Kier alpha value is -0.720. The zero-order chi connectivity index (χ0) is 14.4. The predicted octanol–water partition coefficient (Wildman–Crippen LogP) is 2.28. The van der Waals surface area contributed by atoms with Gasteiger partial charge in [-0.1, -0.05) is 25.2 Å². The van der Waals surface area contributed by atoms with Crippen LogP contribution in [-0.2, 0) is 6.54 Å². The van der Waals surface area contributed by atoms with Gasteiger partial charge in [0.1, 0.15) is 5.01 Å². The first-order valence-electron chi connectivity index (χ1n) is 7.71. The Kier molecular flexibility index (Phi) is 6.19. The molecule has 0 aromatic carbocycles. The normalized spacial score (nSPS) is 19.9. The molecule has 2 rings (SSSR count). The first-order chi connectivity index (χ1) is 9.72. The van der Waals surface area contributed by atoms with Crippen molar-refractivity contribution in [2.45, 2.75) is 45.7 Å². The highest BCUT2D eigenvalue weighted by Crippen LogP contribution is 2.20. The van der Waals surface area contributed by atoms with Crippen LogP contribution in [0.25, 0.3) is 0 Å². The second-order valence-electron chi connectivity index (χ2n) is 5.55. The number of nitrogens with one attached hydrogen (secondary N) is 1. The standard InChI is InChI=1S/C14H27N5S/c1-4-8-15-14-17-16-13(20-14)11-18(3)10-12-7-6-9-19(12)5-2/h12H,4-11H2,1-3H3,(H,15,17). The Morgan fingerprint density at radius 2 is 2.25 bits per heavy atom. The topological polar surface area (TPSA) is 44.3 Å². The van der Waals surface area contributed by atoms with Gasteiger partial charge in [-0.2, -0.15) is 0 Å². The first-order valence-corrected chi connectivity index (χ1v) is 8.53. The molecule has 1 aromatic rings. The van der Waals surface area contributed by atoms with E-state index >= 15 is 0 Å². The van der Waals surface area contributed by atoms with Gasteiger partial charge in [-0.25, -0.2) is 0 Å². The van der Waals surface area contributed by atoms with Crippen LogP contribution in [0.4, 0.5) is 5.13 Å². The Bertz CT molecular complexity index is 395. The molecule has 0 radical (unpaired) electrons. The van der Waals surface area contributed by atoms with E-state index in [0.29, 0.717) is 0 Å². The SMILES string of the molecule is CCCNc1nnc(CN(C)CC2CCCN2CC)s1. The van der Waals surface area contributed by atoms with Crippen LogP contribution < -0.4 is 5.32 Å². The molecule has 0 spiro atoms. The summed E-state index contributed by atoms with van der Waals surface area (Å²) in [6, 6.07) is 0.718. The van der Waals surface area contributed by atoms with Gasteiger partial charge in [-0.15, -0.1) is 10.2 Å². The largest absolute Gasteiger partial charge is 0.360 e. The minimum absolute atomic E-state index is 0.718. The second kappa shape index (κ2) is 7.90. The van der Waals surface area contributed by atoms with Crippen LogP contribution >= 0.6 is 11.3 Å². The Morgan fingerprint density at radius 3 is 3.00 bits per heavy atom. The van der Waals surface area contributed by atoms with Crippen molar-refractivity contribution in [1.82, 2.24) is 20.0 Å². The van der Waals surface area contributed by atoms with Crippen molar-refractivity contribution in [2.75, 3.05) is 38.5 Å². The van der Waals surface area contributed by atoms with Crippen LogP contribution in [0.3, 0.4) is 0 Å². The van der Waals surface area contributed by atoms with E-state index in [-0.39, 0.29) is 0 Å². The summed E-state index contributed by atoms with van der Waals surface area (Å²) in [7, 11) is 2.19. The lowest BCUT2D eigenvalue weighted by Crippen LogP contribution is -2.38. The maximum atomic E-state index is 4.27. The van der Waals surface area contributed by atoms with Crippen LogP contribution in [0.2, 0.25) is 0 Å². The molecule has 1 unspecified atom stereocenters. The van der Waals surface area contributed by atoms with Gasteiger partial charge in [0, 0.05) is 19.1 Å². The van der Waals surface area contributed by atoms with Gasteiger partial charge in [0.15, 0.2) is 0 Å². The molecule has 1 N–H and O–H groups in total. The lowest BCUT2D eigenvalue weighted by Gasteiger charge is -2.27. The fourth-order valence-electron chi connectivity index (χ4n) is 2.79. The number of rotatable bonds is 8. The molecule has 1 aliphatic heterocycles. The number of hydrogen-bond donors (Lipinski definition) is 1. The summed E-state index contributed by atoms with van der Waals surface area (Å²) in [5.74, 6) is 0. The summed E-state index contributed by atoms with van der Waals surface area (Å²) in [6.07, 6.45) is 3.79. The Balaban J connectivity index is 1.78.